The van der Waals surface area contributed by atoms with Crippen molar-refractivity contribution in [3.8, 4) is 0 Å². The Balaban J connectivity index is 2.15. The van der Waals surface area contributed by atoms with Crippen molar-refractivity contribution in [3.05, 3.63) is 60.2 Å². The molecule has 1 aliphatic rings. The highest BCUT2D eigenvalue weighted by Crippen LogP contribution is 2.49. The molecule has 0 fully saturated rings. The number of hydrogen-bond donors (Lipinski definition) is 0. The number of nitrogens with zero attached hydrogens (tertiary/aromatic N) is 1. The van der Waals surface area contributed by atoms with Crippen molar-refractivity contribution in [2.24, 2.45) is 0 Å². The summed E-state index contributed by atoms with van der Waals surface area (Å²) in [7, 11) is 0. The molecular formula is C17H14F3NO. The van der Waals surface area contributed by atoms with Gasteiger partial charge in [-0.05, 0) is 30.7 Å². The van der Waals surface area contributed by atoms with Crippen LogP contribution in [0.25, 0.3) is 0 Å². The van der Waals surface area contributed by atoms with Gasteiger partial charge in [-0.25, -0.2) is 0 Å². The summed E-state index contributed by atoms with van der Waals surface area (Å²) >= 11 is 0. The lowest BCUT2D eigenvalue weighted by atomic mass is 9.80. The van der Waals surface area contributed by atoms with Gasteiger partial charge in [-0.3, -0.25) is 9.69 Å². The van der Waals surface area contributed by atoms with Crippen LogP contribution in [0.1, 0.15) is 18.9 Å². The second kappa shape index (κ2) is 4.87. The molecule has 0 aliphatic carbocycles. The van der Waals surface area contributed by atoms with Gasteiger partial charge >= 0.3 is 6.18 Å². The molecule has 3 rings (SSSR count). The lowest BCUT2D eigenvalue weighted by molar-refractivity contribution is -0.154. The van der Waals surface area contributed by atoms with Crippen LogP contribution in [0.5, 0.6) is 0 Å². The van der Waals surface area contributed by atoms with Crippen molar-refractivity contribution < 1.29 is 18.0 Å². The third-order valence-electron chi connectivity index (χ3n) is 3.98. The maximum absolute atomic E-state index is 13.0. The standard InChI is InChI=1S/C17H14F3NO/c1-16(11-17(18,19)20)13-9-5-6-10-14(13)21(15(16)22)12-7-3-2-4-8-12/h2-10H,11H2,1H3/t16-/m0/s1. The fourth-order valence-electron chi connectivity index (χ4n) is 3.01. The Morgan fingerprint density at radius 1 is 1.00 bits per heavy atom. The number of halogens is 3. The van der Waals surface area contributed by atoms with E-state index in [-0.39, 0.29) is 0 Å². The molecule has 0 unspecified atom stereocenters. The third-order valence-corrected chi connectivity index (χ3v) is 3.98. The predicted octanol–water partition coefficient (Wildman–Crippen LogP) is 4.58. The van der Waals surface area contributed by atoms with Crippen LogP contribution in [0.3, 0.4) is 0 Å². The van der Waals surface area contributed by atoms with Gasteiger partial charge in [-0.15, -0.1) is 0 Å². The Bertz CT molecular complexity index is 711. The summed E-state index contributed by atoms with van der Waals surface area (Å²) in [6.45, 7) is 1.37. The van der Waals surface area contributed by atoms with Gasteiger partial charge in [-0.2, -0.15) is 13.2 Å². The zero-order chi connectivity index (χ0) is 16.0. The van der Waals surface area contributed by atoms with E-state index in [0.717, 1.165) is 0 Å². The highest BCUT2D eigenvalue weighted by atomic mass is 19.4. The van der Waals surface area contributed by atoms with E-state index in [1.54, 1.807) is 54.6 Å². The SMILES string of the molecule is C[C@@]1(CC(F)(F)F)C(=O)N(c2ccccc2)c2ccccc21. The van der Waals surface area contributed by atoms with Crippen molar-refractivity contribution >= 4 is 17.3 Å². The fourth-order valence-corrected chi connectivity index (χ4v) is 3.01. The molecule has 1 atom stereocenters. The summed E-state index contributed by atoms with van der Waals surface area (Å²) in [5.41, 5.74) is -0.0810. The van der Waals surface area contributed by atoms with Crippen LogP contribution in [0.2, 0.25) is 0 Å². The largest absolute Gasteiger partial charge is 0.390 e. The van der Waals surface area contributed by atoms with Gasteiger partial charge in [0.25, 0.3) is 0 Å². The van der Waals surface area contributed by atoms with Crippen LogP contribution in [0.15, 0.2) is 54.6 Å². The van der Waals surface area contributed by atoms with Gasteiger partial charge in [0.15, 0.2) is 0 Å². The lowest BCUT2D eigenvalue weighted by Gasteiger charge is -2.25. The van der Waals surface area contributed by atoms with Crippen molar-refractivity contribution in [1.29, 1.82) is 0 Å². The molecule has 1 amide bonds. The number of anilines is 2. The van der Waals surface area contributed by atoms with Gasteiger partial charge < -0.3 is 0 Å². The first-order chi connectivity index (χ1) is 10.3. The molecule has 0 saturated heterocycles. The van der Waals surface area contributed by atoms with E-state index in [0.29, 0.717) is 16.9 Å². The normalized spacial score (nSPS) is 21.1. The lowest BCUT2D eigenvalue weighted by Crippen LogP contribution is -2.39. The minimum absolute atomic E-state index is 0.418. The Hall–Kier alpha value is -2.30. The second-order valence-corrected chi connectivity index (χ2v) is 5.62. The molecule has 0 radical (unpaired) electrons. The van der Waals surface area contributed by atoms with E-state index in [1.807, 2.05) is 0 Å². The molecule has 1 heterocycles. The highest BCUT2D eigenvalue weighted by Gasteiger charge is 2.53. The summed E-state index contributed by atoms with van der Waals surface area (Å²) in [5, 5.41) is 0. The molecule has 0 bridgehead atoms. The number of rotatable bonds is 2. The number of carbonyl (C=O) groups excluding carboxylic acids is 1. The van der Waals surface area contributed by atoms with Gasteiger partial charge in [0, 0.05) is 5.69 Å². The van der Waals surface area contributed by atoms with Gasteiger partial charge in [0.2, 0.25) is 5.91 Å². The minimum atomic E-state index is -4.41. The number of benzene rings is 2. The zero-order valence-corrected chi connectivity index (χ0v) is 11.9. The molecule has 2 aromatic carbocycles. The van der Waals surface area contributed by atoms with Crippen LogP contribution in [0.4, 0.5) is 24.5 Å². The zero-order valence-electron chi connectivity index (χ0n) is 11.9. The van der Waals surface area contributed by atoms with E-state index >= 15 is 0 Å². The van der Waals surface area contributed by atoms with Crippen molar-refractivity contribution in [1.82, 2.24) is 0 Å². The van der Waals surface area contributed by atoms with Crippen molar-refractivity contribution in [3.63, 3.8) is 0 Å². The smallest absolute Gasteiger partial charge is 0.280 e. The first kappa shape index (κ1) is 14.6. The molecule has 1 aliphatic heterocycles. The van der Waals surface area contributed by atoms with Gasteiger partial charge in [0.05, 0.1) is 17.5 Å². The van der Waals surface area contributed by atoms with E-state index in [1.165, 1.54) is 11.8 Å². The Labute approximate surface area is 126 Å². The summed E-state index contributed by atoms with van der Waals surface area (Å²) in [5.74, 6) is -0.544. The number of hydrogen-bond acceptors (Lipinski definition) is 1. The number of fused-ring (bicyclic) bond motifs is 1. The fraction of sp³-hybridized carbons (Fsp3) is 0.235. The Morgan fingerprint density at radius 2 is 1.59 bits per heavy atom. The monoisotopic (exact) mass is 305 g/mol. The quantitative estimate of drug-likeness (QED) is 0.795. The topological polar surface area (TPSA) is 20.3 Å². The maximum Gasteiger partial charge on any atom is 0.390 e. The molecule has 0 spiro atoms. The van der Waals surface area contributed by atoms with Crippen LogP contribution in [-0.4, -0.2) is 12.1 Å². The maximum atomic E-state index is 13.0. The first-order valence-electron chi connectivity index (χ1n) is 6.89. The van der Waals surface area contributed by atoms with Crippen LogP contribution < -0.4 is 4.90 Å². The Kier molecular flexibility index (Phi) is 3.24. The molecule has 5 heteroatoms. The predicted molar refractivity (Wildman–Crippen MR) is 78.1 cm³/mol. The van der Waals surface area contributed by atoms with E-state index in [2.05, 4.69) is 0 Å². The van der Waals surface area contributed by atoms with Crippen molar-refractivity contribution in [2.45, 2.75) is 24.9 Å². The number of amides is 1. The molecule has 0 aromatic heterocycles. The molecule has 2 nitrogen and oxygen atoms in total. The van der Waals surface area contributed by atoms with E-state index in [9.17, 15) is 18.0 Å². The van der Waals surface area contributed by atoms with Gasteiger partial charge in [-0.1, -0.05) is 36.4 Å². The number of carbonyl (C=O) groups is 1. The minimum Gasteiger partial charge on any atom is -0.280 e. The van der Waals surface area contributed by atoms with Gasteiger partial charge in [0.1, 0.15) is 0 Å². The first-order valence-corrected chi connectivity index (χ1v) is 6.89. The number of para-hydroxylation sites is 2. The molecule has 22 heavy (non-hydrogen) atoms. The summed E-state index contributed by atoms with van der Waals surface area (Å²) in [6, 6.07) is 15.4. The summed E-state index contributed by atoms with van der Waals surface area (Å²) in [4.78, 5) is 14.2. The van der Waals surface area contributed by atoms with Crippen LogP contribution in [0, 0.1) is 0 Å². The summed E-state index contributed by atoms with van der Waals surface area (Å²) in [6.07, 6.45) is -5.58. The van der Waals surface area contributed by atoms with E-state index in [4.69, 9.17) is 0 Å². The summed E-state index contributed by atoms with van der Waals surface area (Å²) < 4.78 is 38.9. The average molecular weight is 305 g/mol. The average Bonchev–Trinajstić information content (AvgIpc) is 2.67. The highest BCUT2D eigenvalue weighted by molar-refractivity contribution is 6.12. The van der Waals surface area contributed by atoms with Crippen LogP contribution >= 0.6 is 0 Å². The van der Waals surface area contributed by atoms with Crippen molar-refractivity contribution in [2.75, 3.05) is 4.90 Å². The molecule has 2 aromatic rings. The molecular weight excluding hydrogens is 291 g/mol. The Morgan fingerprint density at radius 3 is 2.23 bits per heavy atom. The number of alkyl halides is 3. The second-order valence-electron chi connectivity index (χ2n) is 5.62. The molecule has 0 saturated carbocycles. The third kappa shape index (κ3) is 2.26. The molecule has 114 valence electrons. The molecule has 0 N–H and O–H groups in total. The van der Waals surface area contributed by atoms with E-state index < -0.39 is 23.9 Å². The van der Waals surface area contributed by atoms with Crippen LogP contribution in [-0.2, 0) is 10.2 Å².